The average molecular weight is 302 g/mol. The van der Waals surface area contributed by atoms with Gasteiger partial charge in [-0.2, -0.15) is 0 Å². The molecule has 0 amide bonds. The van der Waals surface area contributed by atoms with Gasteiger partial charge in [-0.15, -0.1) is 0 Å². The number of hydrogen-bond donors (Lipinski definition) is 1. The van der Waals surface area contributed by atoms with E-state index in [4.69, 9.17) is 26.8 Å². The highest BCUT2D eigenvalue weighted by atomic mass is 35.5. The average Bonchev–Trinajstić information content (AvgIpc) is 3.10. The van der Waals surface area contributed by atoms with Crippen LogP contribution in [0.25, 0.3) is 16.9 Å². The van der Waals surface area contributed by atoms with Crippen LogP contribution in [0, 0.1) is 0 Å². The predicted molar refractivity (Wildman–Crippen MR) is 79.7 cm³/mol. The molecule has 2 aromatic heterocycles. The second-order valence-electron chi connectivity index (χ2n) is 4.73. The van der Waals surface area contributed by atoms with E-state index >= 15 is 0 Å². The molecule has 0 radical (unpaired) electrons. The monoisotopic (exact) mass is 301 g/mol. The number of benzene rings is 1. The molecule has 5 nitrogen and oxygen atoms in total. The van der Waals surface area contributed by atoms with Gasteiger partial charge in [0.05, 0.1) is 16.4 Å². The number of rotatable bonds is 2. The fraction of sp³-hybridized carbons (Fsp3) is 0.133. The van der Waals surface area contributed by atoms with Crippen LogP contribution in [0.15, 0.2) is 36.5 Å². The standard InChI is InChI=1S/C15H12ClN3O2/c16-10-2-1-5-19-11(7-17)14(18-15(10)19)9-3-4-12-13(6-9)21-8-20-12/h1-6H,7-8,17H2. The first kappa shape index (κ1) is 12.5. The molecule has 3 heterocycles. The molecular formula is C15H12ClN3O2. The van der Waals surface area contributed by atoms with Gasteiger partial charge in [-0.05, 0) is 30.3 Å². The maximum absolute atomic E-state index is 6.21. The Morgan fingerprint density at radius 2 is 2.10 bits per heavy atom. The SMILES string of the molecule is NCc1c(-c2ccc3c(c2)OCO3)nc2c(Cl)cccn12. The number of pyridine rings is 1. The fourth-order valence-corrected chi connectivity index (χ4v) is 2.76. The minimum absolute atomic E-state index is 0.250. The predicted octanol–water partition coefficient (Wildman–Crippen LogP) is 2.84. The van der Waals surface area contributed by atoms with Crippen molar-refractivity contribution >= 4 is 17.2 Å². The summed E-state index contributed by atoms with van der Waals surface area (Å²) in [6.07, 6.45) is 1.91. The van der Waals surface area contributed by atoms with E-state index in [9.17, 15) is 0 Å². The topological polar surface area (TPSA) is 61.8 Å². The zero-order valence-electron chi connectivity index (χ0n) is 11.0. The molecule has 21 heavy (non-hydrogen) atoms. The van der Waals surface area contributed by atoms with Crippen LogP contribution in [0.5, 0.6) is 11.5 Å². The number of halogens is 1. The number of nitrogens with zero attached hydrogens (tertiary/aromatic N) is 2. The summed E-state index contributed by atoms with van der Waals surface area (Å²) in [5, 5.41) is 0.596. The molecule has 2 N–H and O–H groups in total. The summed E-state index contributed by atoms with van der Waals surface area (Å²) in [4.78, 5) is 4.63. The highest BCUT2D eigenvalue weighted by Gasteiger charge is 2.18. The maximum atomic E-state index is 6.21. The Labute approximate surface area is 125 Å². The molecule has 0 unspecified atom stereocenters. The van der Waals surface area contributed by atoms with E-state index in [2.05, 4.69) is 4.98 Å². The van der Waals surface area contributed by atoms with Crippen molar-refractivity contribution in [1.82, 2.24) is 9.38 Å². The van der Waals surface area contributed by atoms with Gasteiger partial charge in [-0.3, -0.25) is 0 Å². The van der Waals surface area contributed by atoms with Crippen molar-refractivity contribution < 1.29 is 9.47 Å². The van der Waals surface area contributed by atoms with E-state index < -0.39 is 0 Å². The largest absolute Gasteiger partial charge is 0.454 e. The third-order valence-corrected chi connectivity index (χ3v) is 3.84. The Kier molecular flexibility index (Phi) is 2.77. The van der Waals surface area contributed by atoms with Gasteiger partial charge in [0.1, 0.15) is 0 Å². The minimum atomic E-state index is 0.250. The van der Waals surface area contributed by atoms with E-state index in [1.165, 1.54) is 0 Å². The molecule has 4 rings (SSSR count). The van der Waals surface area contributed by atoms with Crippen LogP contribution in [0.3, 0.4) is 0 Å². The first-order chi connectivity index (χ1) is 10.3. The van der Waals surface area contributed by atoms with E-state index in [0.29, 0.717) is 17.2 Å². The number of ether oxygens (including phenoxy) is 2. The molecule has 0 spiro atoms. The molecule has 1 aliphatic rings. The van der Waals surface area contributed by atoms with E-state index in [1.807, 2.05) is 40.9 Å². The molecule has 1 aromatic carbocycles. The number of aromatic nitrogens is 2. The number of imidazole rings is 1. The summed E-state index contributed by atoms with van der Waals surface area (Å²) in [6.45, 7) is 0.616. The van der Waals surface area contributed by atoms with Gasteiger partial charge in [0.2, 0.25) is 6.79 Å². The van der Waals surface area contributed by atoms with Crippen LogP contribution in [0.4, 0.5) is 0 Å². The van der Waals surface area contributed by atoms with E-state index in [-0.39, 0.29) is 6.79 Å². The van der Waals surface area contributed by atoms with Gasteiger partial charge in [-0.25, -0.2) is 4.98 Å². The van der Waals surface area contributed by atoms with Gasteiger partial charge < -0.3 is 19.6 Å². The molecule has 0 saturated carbocycles. The normalized spacial score (nSPS) is 13.0. The third-order valence-electron chi connectivity index (χ3n) is 3.54. The van der Waals surface area contributed by atoms with Crippen LogP contribution in [0.2, 0.25) is 5.02 Å². The summed E-state index contributed by atoms with van der Waals surface area (Å²) >= 11 is 6.21. The van der Waals surface area contributed by atoms with Crippen molar-refractivity contribution in [3.05, 3.63) is 47.2 Å². The van der Waals surface area contributed by atoms with Crippen molar-refractivity contribution in [2.75, 3.05) is 6.79 Å². The maximum Gasteiger partial charge on any atom is 0.231 e. The van der Waals surface area contributed by atoms with Crippen LogP contribution in [0.1, 0.15) is 5.69 Å². The number of fused-ring (bicyclic) bond motifs is 2. The van der Waals surface area contributed by atoms with Crippen LogP contribution < -0.4 is 15.2 Å². The Hall–Kier alpha value is -2.24. The Morgan fingerprint density at radius 3 is 2.95 bits per heavy atom. The van der Waals surface area contributed by atoms with Crippen LogP contribution >= 0.6 is 11.6 Å². The first-order valence-electron chi connectivity index (χ1n) is 6.53. The summed E-state index contributed by atoms with van der Waals surface area (Å²) in [7, 11) is 0. The van der Waals surface area contributed by atoms with E-state index in [0.717, 1.165) is 28.5 Å². The van der Waals surface area contributed by atoms with Gasteiger partial charge in [-0.1, -0.05) is 11.6 Å². The Morgan fingerprint density at radius 1 is 1.24 bits per heavy atom. The molecule has 0 aliphatic carbocycles. The van der Waals surface area contributed by atoms with Gasteiger partial charge in [0.15, 0.2) is 17.1 Å². The first-order valence-corrected chi connectivity index (χ1v) is 6.91. The molecule has 0 bridgehead atoms. The van der Waals surface area contributed by atoms with E-state index in [1.54, 1.807) is 0 Å². The molecule has 0 fully saturated rings. The second-order valence-corrected chi connectivity index (χ2v) is 5.14. The summed E-state index contributed by atoms with van der Waals surface area (Å²) in [5.41, 5.74) is 9.25. The third kappa shape index (κ3) is 1.86. The van der Waals surface area contributed by atoms with Crippen molar-refractivity contribution in [2.24, 2.45) is 5.73 Å². The Bertz CT molecular complexity index is 844. The van der Waals surface area contributed by atoms with Gasteiger partial charge in [0.25, 0.3) is 0 Å². The lowest BCUT2D eigenvalue weighted by Gasteiger charge is -2.03. The lowest BCUT2D eigenvalue weighted by Crippen LogP contribution is -2.02. The lowest BCUT2D eigenvalue weighted by atomic mass is 10.1. The summed E-state index contributed by atoms with van der Waals surface area (Å²) in [5.74, 6) is 1.47. The van der Waals surface area contributed by atoms with Crippen LogP contribution in [-0.2, 0) is 6.54 Å². The number of nitrogens with two attached hydrogens (primary N) is 1. The molecule has 3 aromatic rings. The van der Waals surface area contributed by atoms with Crippen molar-refractivity contribution in [3.63, 3.8) is 0 Å². The van der Waals surface area contributed by atoms with Gasteiger partial charge >= 0.3 is 0 Å². The molecule has 6 heteroatoms. The highest BCUT2D eigenvalue weighted by Crippen LogP contribution is 2.37. The highest BCUT2D eigenvalue weighted by molar-refractivity contribution is 6.33. The van der Waals surface area contributed by atoms with Crippen LogP contribution in [-0.4, -0.2) is 16.2 Å². The summed E-state index contributed by atoms with van der Waals surface area (Å²) < 4.78 is 12.7. The van der Waals surface area contributed by atoms with Crippen molar-refractivity contribution in [2.45, 2.75) is 6.54 Å². The minimum Gasteiger partial charge on any atom is -0.454 e. The Balaban J connectivity index is 1.96. The second kappa shape index (κ2) is 4.65. The van der Waals surface area contributed by atoms with Crippen molar-refractivity contribution in [1.29, 1.82) is 0 Å². The lowest BCUT2D eigenvalue weighted by molar-refractivity contribution is 0.174. The zero-order chi connectivity index (χ0) is 14.4. The van der Waals surface area contributed by atoms with Gasteiger partial charge in [0, 0.05) is 18.3 Å². The molecule has 0 atom stereocenters. The smallest absolute Gasteiger partial charge is 0.231 e. The quantitative estimate of drug-likeness (QED) is 0.790. The zero-order valence-corrected chi connectivity index (χ0v) is 11.8. The van der Waals surface area contributed by atoms with Crippen molar-refractivity contribution in [3.8, 4) is 22.8 Å². The number of hydrogen-bond acceptors (Lipinski definition) is 4. The summed E-state index contributed by atoms with van der Waals surface area (Å²) in [6, 6.07) is 9.43. The molecule has 1 aliphatic heterocycles. The molecular weight excluding hydrogens is 290 g/mol. The molecule has 0 saturated heterocycles. The molecule has 106 valence electrons. The fourth-order valence-electron chi connectivity index (χ4n) is 2.55.